The molecule has 5 nitrogen and oxygen atoms in total. The number of rotatable bonds is 10. The highest BCUT2D eigenvalue weighted by Gasteiger charge is 2.08. The molecule has 114 valence electrons. The Morgan fingerprint density at radius 3 is 2.40 bits per heavy atom. The summed E-state index contributed by atoms with van der Waals surface area (Å²) in [6.45, 7) is 9.92. The van der Waals surface area contributed by atoms with Crippen molar-refractivity contribution in [3.63, 3.8) is 0 Å². The summed E-state index contributed by atoms with van der Waals surface area (Å²) >= 11 is 0. The summed E-state index contributed by atoms with van der Waals surface area (Å²) in [6.07, 6.45) is 2.09. The second-order valence-electron chi connectivity index (χ2n) is 4.77. The van der Waals surface area contributed by atoms with E-state index in [-0.39, 0.29) is 0 Å². The molecule has 1 aromatic rings. The van der Waals surface area contributed by atoms with E-state index in [1.807, 2.05) is 6.92 Å². The van der Waals surface area contributed by atoms with E-state index >= 15 is 0 Å². The van der Waals surface area contributed by atoms with E-state index < -0.39 is 0 Å². The number of nitrogens with one attached hydrogen (secondary N) is 1. The van der Waals surface area contributed by atoms with E-state index in [9.17, 15) is 0 Å². The average Bonchev–Trinajstić information content (AvgIpc) is 2.42. The Kier molecular flexibility index (Phi) is 8.34. The topological polar surface area (TPSA) is 56.3 Å². The van der Waals surface area contributed by atoms with Gasteiger partial charge in [0.15, 0.2) is 5.82 Å². The van der Waals surface area contributed by atoms with E-state index in [0.29, 0.717) is 13.2 Å². The number of ether oxygens (including phenoxy) is 2. The van der Waals surface area contributed by atoms with Gasteiger partial charge in [0.05, 0.1) is 6.61 Å². The van der Waals surface area contributed by atoms with E-state index in [1.165, 1.54) is 5.56 Å². The summed E-state index contributed by atoms with van der Waals surface area (Å²) in [6, 6.07) is 0. The highest BCUT2D eigenvalue weighted by Crippen LogP contribution is 2.12. The number of aromatic nitrogens is 2. The number of methoxy groups -OCH3 is 1. The fraction of sp³-hybridized carbons (Fsp3) is 0.733. The zero-order chi connectivity index (χ0) is 14.8. The highest BCUT2D eigenvalue weighted by molar-refractivity contribution is 5.24. The molecule has 20 heavy (non-hydrogen) atoms. The molecule has 0 atom stereocenters. The summed E-state index contributed by atoms with van der Waals surface area (Å²) in [7, 11) is 1.72. The van der Waals surface area contributed by atoms with E-state index in [0.717, 1.165) is 49.8 Å². The lowest BCUT2D eigenvalue weighted by Gasteiger charge is -2.11. The van der Waals surface area contributed by atoms with Crippen molar-refractivity contribution in [1.29, 1.82) is 0 Å². The van der Waals surface area contributed by atoms with Gasteiger partial charge < -0.3 is 14.8 Å². The van der Waals surface area contributed by atoms with Gasteiger partial charge in [-0.15, -0.1) is 0 Å². The van der Waals surface area contributed by atoms with Crippen molar-refractivity contribution in [2.24, 2.45) is 0 Å². The van der Waals surface area contributed by atoms with Gasteiger partial charge >= 0.3 is 0 Å². The third-order valence-corrected chi connectivity index (χ3v) is 3.17. The van der Waals surface area contributed by atoms with Gasteiger partial charge in [-0.1, -0.05) is 0 Å². The van der Waals surface area contributed by atoms with Crippen LogP contribution in [0.25, 0.3) is 0 Å². The summed E-state index contributed by atoms with van der Waals surface area (Å²) in [5, 5.41) is 3.35. The van der Waals surface area contributed by atoms with Gasteiger partial charge in [0, 0.05) is 31.6 Å². The molecule has 0 bridgehead atoms. The lowest BCUT2D eigenvalue weighted by molar-refractivity contribution is 0.128. The van der Waals surface area contributed by atoms with Gasteiger partial charge in [-0.3, -0.25) is 0 Å². The maximum absolute atomic E-state index is 5.36. The first-order valence-electron chi connectivity index (χ1n) is 7.29. The van der Waals surface area contributed by atoms with Crippen molar-refractivity contribution < 1.29 is 9.47 Å². The quantitative estimate of drug-likeness (QED) is 0.663. The summed E-state index contributed by atoms with van der Waals surface area (Å²) in [5.41, 5.74) is 3.41. The first-order chi connectivity index (χ1) is 9.69. The Labute approximate surface area is 122 Å². The molecule has 0 amide bonds. The van der Waals surface area contributed by atoms with Gasteiger partial charge in [0.2, 0.25) is 0 Å². The molecule has 1 rings (SSSR count). The van der Waals surface area contributed by atoms with Crippen LogP contribution in [0.2, 0.25) is 0 Å². The fourth-order valence-electron chi connectivity index (χ4n) is 2.12. The van der Waals surface area contributed by atoms with Crippen LogP contribution in [0.5, 0.6) is 0 Å². The van der Waals surface area contributed by atoms with E-state index in [2.05, 4.69) is 29.1 Å². The number of aryl methyl sites for hydroxylation is 2. The molecule has 0 saturated heterocycles. The molecule has 5 heteroatoms. The predicted molar refractivity (Wildman–Crippen MR) is 79.9 cm³/mol. The first kappa shape index (κ1) is 17.0. The van der Waals surface area contributed by atoms with Crippen molar-refractivity contribution in [3.05, 3.63) is 22.8 Å². The third kappa shape index (κ3) is 5.94. The summed E-state index contributed by atoms with van der Waals surface area (Å²) in [5.74, 6) is 0.781. The lowest BCUT2D eigenvalue weighted by Crippen LogP contribution is -2.21. The molecule has 1 aromatic heterocycles. The Morgan fingerprint density at radius 1 is 1.10 bits per heavy atom. The number of hydrogen-bond donors (Lipinski definition) is 1. The molecule has 0 unspecified atom stereocenters. The molecule has 0 fully saturated rings. The minimum atomic E-state index is 0.497. The largest absolute Gasteiger partial charge is 0.383 e. The monoisotopic (exact) mass is 281 g/mol. The van der Waals surface area contributed by atoms with Crippen molar-refractivity contribution in [2.45, 2.75) is 40.2 Å². The Morgan fingerprint density at radius 2 is 1.80 bits per heavy atom. The van der Waals surface area contributed by atoms with Gasteiger partial charge in [0.25, 0.3) is 0 Å². The Hall–Kier alpha value is -1.04. The van der Waals surface area contributed by atoms with Crippen LogP contribution < -0.4 is 5.32 Å². The van der Waals surface area contributed by atoms with Gasteiger partial charge in [-0.2, -0.15) is 0 Å². The van der Waals surface area contributed by atoms with Crippen LogP contribution in [0.3, 0.4) is 0 Å². The third-order valence-electron chi connectivity index (χ3n) is 3.17. The van der Waals surface area contributed by atoms with Crippen LogP contribution in [0.4, 0.5) is 0 Å². The molecule has 1 heterocycles. The fourth-order valence-corrected chi connectivity index (χ4v) is 2.12. The second kappa shape index (κ2) is 9.80. The SMILES string of the molecule is CCOCc1nc(C)c(CCCNCCOC)c(C)n1. The normalized spacial score (nSPS) is 11.0. The lowest BCUT2D eigenvalue weighted by atomic mass is 10.1. The average molecular weight is 281 g/mol. The summed E-state index contributed by atoms with van der Waals surface area (Å²) < 4.78 is 10.4. The van der Waals surface area contributed by atoms with Crippen LogP contribution >= 0.6 is 0 Å². The minimum absolute atomic E-state index is 0.497. The maximum atomic E-state index is 5.36. The Balaban J connectivity index is 2.45. The Bertz CT molecular complexity index is 374. The molecule has 0 aliphatic carbocycles. The van der Waals surface area contributed by atoms with E-state index in [1.54, 1.807) is 7.11 Å². The number of hydrogen-bond acceptors (Lipinski definition) is 5. The van der Waals surface area contributed by atoms with Gasteiger partial charge in [-0.25, -0.2) is 9.97 Å². The van der Waals surface area contributed by atoms with Crippen molar-refractivity contribution in [3.8, 4) is 0 Å². The standard InChI is InChI=1S/C15H27N3O2/c1-5-20-11-15-17-12(2)14(13(3)18-15)7-6-8-16-9-10-19-4/h16H,5-11H2,1-4H3. The van der Waals surface area contributed by atoms with Crippen LogP contribution in [-0.4, -0.2) is 43.4 Å². The smallest absolute Gasteiger partial charge is 0.154 e. The van der Waals surface area contributed by atoms with Gasteiger partial charge in [0.1, 0.15) is 6.61 Å². The van der Waals surface area contributed by atoms with Crippen LogP contribution in [0.15, 0.2) is 0 Å². The molecule has 1 N–H and O–H groups in total. The molecular formula is C15H27N3O2. The van der Waals surface area contributed by atoms with Gasteiger partial charge in [-0.05, 0) is 45.7 Å². The second-order valence-corrected chi connectivity index (χ2v) is 4.77. The predicted octanol–water partition coefficient (Wildman–Crippen LogP) is 1.80. The zero-order valence-electron chi connectivity index (χ0n) is 13.2. The van der Waals surface area contributed by atoms with Crippen molar-refractivity contribution in [2.75, 3.05) is 33.4 Å². The summed E-state index contributed by atoms with van der Waals surface area (Å²) in [4.78, 5) is 9.05. The molecule has 0 aromatic carbocycles. The highest BCUT2D eigenvalue weighted by atomic mass is 16.5. The molecule has 0 aliphatic rings. The van der Waals surface area contributed by atoms with Crippen molar-refractivity contribution >= 4 is 0 Å². The van der Waals surface area contributed by atoms with E-state index in [4.69, 9.17) is 9.47 Å². The molecular weight excluding hydrogens is 254 g/mol. The minimum Gasteiger partial charge on any atom is -0.383 e. The zero-order valence-corrected chi connectivity index (χ0v) is 13.2. The maximum Gasteiger partial charge on any atom is 0.154 e. The molecule has 0 spiro atoms. The number of nitrogens with zero attached hydrogens (tertiary/aromatic N) is 2. The van der Waals surface area contributed by atoms with Crippen LogP contribution in [0.1, 0.15) is 36.1 Å². The van der Waals surface area contributed by atoms with Crippen LogP contribution in [-0.2, 0) is 22.5 Å². The van der Waals surface area contributed by atoms with Crippen LogP contribution in [0, 0.1) is 13.8 Å². The first-order valence-corrected chi connectivity index (χ1v) is 7.29. The molecule has 0 saturated carbocycles. The van der Waals surface area contributed by atoms with Crippen molar-refractivity contribution in [1.82, 2.24) is 15.3 Å². The molecule has 0 radical (unpaired) electrons. The molecule has 0 aliphatic heterocycles.